The number of hydrogen-bond donors (Lipinski definition) is 0. The van der Waals surface area contributed by atoms with Crippen LogP contribution in [0.25, 0.3) is 0 Å². The second kappa shape index (κ2) is 8.57. The SMILES string of the molecule is COc1ccc(OCCCCCCn2ccnc2)c(Cl)c1. The molecule has 0 unspecified atom stereocenters. The van der Waals surface area contributed by atoms with Crippen LogP contribution < -0.4 is 9.47 Å². The van der Waals surface area contributed by atoms with E-state index in [4.69, 9.17) is 21.1 Å². The van der Waals surface area contributed by atoms with E-state index >= 15 is 0 Å². The molecular formula is C16H21ClN2O2. The zero-order valence-corrected chi connectivity index (χ0v) is 13.1. The van der Waals surface area contributed by atoms with E-state index in [2.05, 4.69) is 9.55 Å². The topological polar surface area (TPSA) is 36.3 Å². The van der Waals surface area contributed by atoms with Gasteiger partial charge in [0.1, 0.15) is 11.5 Å². The summed E-state index contributed by atoms with van der Waals surface area (Å²) in [5.74, 6) is 1.46. The molecule has 1 heterocycles. The Morgan fingerprint density at radius 1 is 1.19 bits per heavy atom. The molecule has 0 N–H and O–H groups in total. The van der Waals surface area contributed by atoms with Crippen LogP contribution >= 0.6 is 11.6 Å². The summed E-state index contributed by atoms with van der Waals surface area (Å²) in [6, 6.07) is 5.47. The van der Waals surface area contributed by atoms with Gasteiger partial charge in [0.05, 0.1) is 25.1 Å². The summed E-state index contributed by atoms with van der Waals surface area (Å²) in [5.41, 5.74) is 0. The molecule has 0 aliphatic heterocycles. The van der Waals surface area contributed by atoms with Gasteiger partial charge in [-0.25, -0.2) is 4.98 Å². The number of ether oxygens (including phenoxy) is 2. The van der Waals surface area contributed by atoms with Crippen molar-refractivity contribution in [1.29, 1.82) is 0 Å². The van der Waals surface area contributed by atoms with Crippen LogP contribution in [-0.4, -0.2) is 23.3 Å². The van der Waals surface area contributed by atoms with Crippen molar-refractivity contribution < 1.29 is 9.47 Å². The monoisotopic (exact) mass is 308 g/mol. The number of hydrogen-bond acceptors (Lipinski definition) is 3. The van der Waals surface area contributed by atoms with Crippen LogP contribution in [0.4, 0.5) is 0 Å². The minimum absolute atomic E-state index is 0.592. The molecule has 0 saturated heterocycles. The predicted octanol–water partition coefficient (Wildman–Crippen LogP) is 4.18. The maximum Gasteiger partial charge on any atom is 0.138 e. The highest BCUT2D eigenvalue weighted by Gasteiger charge is 2.03. The highest BCUT2D eigenvalue weighted by molar-refractivity contribution is 6.32. The molecule has 1 aromatic heterocycles. The Balaban J connectivity index is 1.57. The molecular weight excluding hydrogens is 288 g/mol. The van der Waals surface area contributed by atoms with Crippen molar-refractivity contribution in [2.75, 3.05) is 13.7 Å². The number of benzene rings is 1. The first-order chi connectivity index (χ1) is 10.3. The Morgan fingerprint density at radius 3 is 2.76 bits per heavy atom. The van der Waals surface area contributed by atoms with Gasteiger partial charge >= 0.3 is 0 Å². The molecule has 0 spiro atoms. The summed E-state index contributed by atoms with van der Waals surface area (Å²) >= 11 is 6.11. The van der Waals surface area contributed by atoms with Gasteiger partial charge in [0.15, 0.2) is 0 Å². The summed E-state index contributed by atoms with van der Waals surface area (Å²) in [5, 5.41) is 0.592. The third kappa shape index (κ3) is 5.31. The summed E-state index contributed by atoms with van der Waals surface area (Å²) in [6.45, 7) is 1.72. The lowest BCUT2D eigenvalue weighted by Gasteiger charge is -2.09. The predicted molar refractivity (Wildman–Crippen MR) is 84.2 cm³/mol. The summed E-state index contributed by atoms with van der Waals surface area (Å²) in [4.78, 5) is 4.03. The van der Waals surface area contributed by atoms with E-state index in [0.717, 1.165) is 30.9 Å². The van der Waals surface area contributed by atoms with Gasteiger partial charge in [-0.2, -0.15) is 0 Å². The molecule has 4 nitrogen and oxygen atoms in total. The summed E-state index contributed by atoms with van der Waals surface area (Å²) in [6.07, 6.45) is 10.2. The normalized spacial score (nSPS) is 10.6. The zero-order valence-electron chi connectivity index (χ0n) is 12.3. The highest BCUT2D eigenvalue weighted by Crippen LogP contribution is 2.28. The van der Waals surface area contributed by atoms with Crippen LogP contribution in [0.3, 0.4) is 0 Å². The van der Waals surface area contributed by atoms with Crippen molar-refractivity contribution >= 4 is 11.6 Å². The van der Waals surface area contributed by atoms with E-state index in [9.17, 15) is 0 Å². The van der Waals surface area contributed by atoms with Gasteiger partial charge in [-0.1, -0.05) is 24.4 Å². The van der Waals surface area contributed by atoms with Crippen LogP contribution in [-0.2, 0) is 6.54 Å². The molecule has 2 aromatic rings. The zero-order chi connectivity index (χ0) is 14.9. The van der Waals surface area contributed by atoms with E-state index in [1.807, 2.05) is 30.9 Å². The quantitative estimate of drug-likeness (QED) is 0.652. The van der Waals surface area contributed by atoms with Gasteiger partial charge in [0.25, 0.3) is 0 Å². The smallest absolute Gasteiger partial charge is 0.138 e. The lowest BCUT2D eigenvalue weighted by Crippen LogP contribution is -1.99. The van der Waals surface area contributed by atoms with Crippen molar-refractivity contribution in [2.45, 2.75) is 32.2 Å². The van der Waals surface area contributed by atoms with Crippen molar-refractivity contribution in [3.05, 3.63) is 41.9 Å². The number of aromatic nitrogens is 2. The molecule has 21 heavy (non-hydrogen) atoms. The van der Waals surface area contributed by atoms with Crippen LogP contribution in [0, 0.1) is 0 Å². The van der Waals surface area contributed by atoms with Crippen molar-refractivity contribution in [3.63, 3.8) is 0 Å². The van der Waals surface area contributed by atoms with Crippen LogP contribution in [0.2, 0.25) is 5.02 Å². The number of aryl methyl sites for hydroxylation is 1. The molecule has 0 atom stereocenters. The van der Waals surface area contributed by atoms with E-state index in [1.165, 1.54) is 12.8 Å². The number of halogens is 1. The van der Waals surface area contributed by atoms with Gasteiger partial charge in [0, 0.05) is 25.0 Å². The Morgan fingerprint density at radius 2 is 2.05 bits per heavy atom. The number of rotatable bonds is 9. The third-order valence-corrected chi connectivity index (χ3v) is 3.56. The molecule has 0 bridgehead atoms. The average Bonchev–Trinajstić information content (AvgIpc) is 3.01. The maximum atomic E-state index is 6.11. The first-order valence-electron chi connectivity index (χ1n) is 7.21. The fraction of sp³-hybridized carbons (Fsp3) is 0.438. The van der Waals surface area contributed by atoms with Crippen molar-refractivity contribution in [2.24, 2.45) is 0 Å². The molecule has 0 amide bonds. The molecule has 2 rings (SSSR count). The fourth-order valence-corrected chi connectivity index (χ4v) is 2.30. The van der Waals surface area contributed by atoms with E-state index in [0.29, 0.717) is 11.6 Å². The first kappa shape index (κ1) is 15.7. The fourth-order valence-electron chi connectivity index (χ4n) is 2.08. The molecule has 1 aromatic carbocycles. The minimum atomic E-state index is 0.592. The van der Waals surface area contributed by atoms with Crippen LogP contribution in [0.1, 0.15) is 25.7 Å². The van der Waals surface area contributed by atoms with Crippen molar-refractivity contribution in [3.8, 4) is 11.5 Å². The molecule has 114 valence electrons. The lowest BCUT2D eigenvalue weighted by atomic mass is 10.2. The highest BCUT2D eigenvalue weighted by atomic mass is 35.5. The Labute approximate surface area is 130 Å². The molecule has 0 aliphatic rings. The lowest BCUT2D eigenvalue weighted by molar-refractivity contribution is 0.303. The Bertz CT molecular complexity index is 529. The largest absolute Gasteiger partial charge is 0.497 e. The molecule has 5 heteroatoms. The Hall–Kier alpha value is -1.68. The first-order valence-corrected chi connectivity index (χ1v) is 7.59. The second-order valence-corrected chi connectivity index (χ2v) is 5.27. The molecule has 0 aliphatic carbocycles. The van der Waals surface area contributed by atoms with Crippen molar-refractivity contribution in [1.82, 2.24) is 9.55 Å². The van der Waals surface area contributed by atoms with E-state index in [1.54, 1.807) is 13.2 Å². The second-order valence-electron chi connectivity index (χ2n) is 4.86. The third-order valence-electron chi connectivity index (χ3n) is 3.27. The molecule has 0 fully saturated rings. The standard InChI is InChI=1S/C16H21ClN2O2/c1-20-14-6-7-16(15(17)12-14)21-11-5-3-2-4-9-19-10-8-18-13-19/h6-8,10,12-13H,2-5,9,11H2,1H3. The van der Waals surface area contributed by atoms with Crippen LogP contribution in [0.15, 0.2) is 36.9 Å². The van der Waals surface area contributed by atoms with Gasteiger partial charge in [-0.15, -0.1) is 0 Å². The number of imidazole rings is 1. The van der Waals surface area contributed by atoms with Gasteiger partial charge in [-0.05, 0) is 25.0 Å². The van der Waals surface area contributed by atoms with Gasteiger partial charge < -0.3 is 14.0 Å². The number of methoxy groups -OCH3 is 1. The number of unbranched alkanes of at least 4 members (excludes halogenated alkanes) is 3. The van der Waals surface area contributed by atoms with E-state index < -0.39 is 0 Å². The maximum absolute atomic E-state index is 6.11. The molecule has 0 radical (unpaired) electrons. The number of nitrogens with zero attached hydrogens (tertiary/aromatic N) is 2. The average molecular weight is 309 g/mol. The minimum Gasteiger partial charge on any atom is -0.497 e. The molecule has 0 saturated carbocycles. The Kier molecular flexibility index (Phi) is 6.41. The summed E-state index contributed by atoms with van der Waals surface area (Å²) in [7, 11) is 1.62. The van der Waals surface area contributed by atoms with Crippen LogP contribution in [0.5, 0.6) is 11.5 Å². The summed E-state index contributed by atoms with van der Waals surface area (Å²) < 4.78 is 12.9. The van der Waals surface area contributed by atoms with Gasteiger partial charge in [-0.3, -0.25) is 0 Å². The van der Waals surface area contributed by atoms with E-state index in [-0.39, 0.29) is 0 Å². The van der Waals surface area contributed by atoms with Gasteiger partial charge in [0.2, 0.25) is 0 Å².